The van der Waals surface area contributed by atoms with Gasteiger partial charge in [0.1, 0.15) is 11.5 Å². The summed E-state index contributed by atoms with van der Waals surface area (Å²) in [5.41, 5.74) is 1.96. The molecule has 1 aromatic heterocycles. The number of unbranched alkanes of at least 4 members (excludes halogenated alkanes) is 2. The van der Waals surface area contributed by atoms with Crippen molar-refractivity contribution < 1.29 is 9.52 Å². The zero-order valence-corrected chi connectivity index (χ0v) is 14.2. The summed E-state index contributed by atoms with van der Waals surface area (Å²) in [4.78, 5) is 0. The number of aliphatic hydroxyl groups is 1. The molecule has 22 heavy (non-hydrogen) atoms. The van der Waals surface area contributed by atoms with Crippen molar-refractivity contribution in [2.24, 2.45) is 0 Å². The molecule has 0 fully saturated rings. The Bertz CT molecular complexity index is 534. The Morgan fingerprint density at radius 3 is 2.45 bits per heavy atom. The van der Waals surface area contributed by atoms with Crippen molar-refractivity contribution in [2.75, 3.05) is 6.54 Å². The van der Waals surface area contributed by atoms with Crippen LogP contribution in [-0.2, 0) is 6.54 Å². The van der Waals surface area contributed by atoms with Crippen molar-refractivity contribution in [3.05, 3.63) is 47.7 Å². The lowest BCUT2D eigenvalue weighted by atomic mass is 10.1. The third-order valence-corrected chi connectivity index (χ3v) is 3.60. The normalized spacial score (nSPS) is 12.0. The number of hydrogen-bond acceptors (Lipinski definition) is 3. The molecule has 1 heterocycles. The van der Waals surface area contributed by atoms with E-state index < -0.39 is 6.10 Å². The molecule has 0 radical (unpaired) electrons. The van der Waals surface area contributed by atoms with E-state index in [1.165, 1.54) is 19.3 Å². The monoisotopic (exact) mass is 323 g/mol. The highest BCUT2D eigenvalue weighted by Gasteiger charge is 2.06. The fraction of sp³-hybridized carbons (Fsp3) is 0.444. The Balaban J connectivity index is 0.00000242. The molecular formula is C18H26ClNO2. The van der Waals surface area contributed by atoms with Gasteiger partial charge in [0, 0.05) is 5.56 Å². The molecule has 2 rings (SSSR count). The molecule has 122 valence electrons. The van der Waals surface area contributed by atoms with Crippen LogP contribution in [0.3, 0.4) is 0 Å². The Hall–Kier alpha value is -1.29. The van der Waals surface area contributed by atoms with Gasteiger partial charge in [-0.15, -0.1) is 12.4 Å². The van der Waals surface area contributed by atoms with Crippen LogP contribution in [0.25, 0.3) is 11.3 Å². The van der Waals surface area contributed by atoms with Crippen LogP contribution in [0.2, 0.25) is 0 Å². The predicted molar refractivity (Wildman–Crippen MR) is 93.3 cm³/mol. The Labute approximate surface area is 139 Å². The van der Waals surface area contributed by atoms with Crippen LogP contribution in [-0.4, -0.2) is 11.7 Å². The number of rotatable bonds is 8. The number of furan rings is 1. The fourth-order valence-corrected chi connectivity index (χ4v) is 2.27. The maximum Gasteiger partial charge on any atom is 0.134 e. The van der Waals surface area contributed by atoms with E-state index in [9.17, 15) is 5.11 Å². The van der Waals surface area contributed by atoms with Crippen LogP contribution >= 0.6 is 12.4 Å². The van der Waals surface area contributed by atoms with Crippen molar-refractivity contribution in [3.63, 3.8) is 0 Å². The van der Waals surface area contributed by atoms with Gasteiger partial charge in [-0.25, -0.2) is 0 Å². The van der Waals surface area contributed by atoms with Gasteiger partial charge in [-0.2, -0.15) is 0 Å². The second-order valence-corrected chi connectivity index (χ2v) is 5.45. The molecule has 1 unspecified atom stereocenters. The predicted octanol–water partition coefficient (Wildman–Crippen LogP) is 4.70. The van der Waals surface area contributed by atoms with Gasteiger partial charge >= 0.3 is 0 Å². The molecule has 0 amide bonds. The van der Waals surface area contributed by atoms with Crippen LogP contribution in [0.4, 0.5) is 0 Å². The topological polar surface area (TPSA) is 45.4 Å². The van der Waals surface area contributed by atoms with Gasteiger partial charge in [0.15, 0.2) is 0 Å². The quantitative estimate of drug-likeness (QED) is 0.692. The molecule has 0 aliphatic rings. The minimum atomic E-state index is -0.432. The first-order valence-corrected chi connectivity index (χ1v) is 7.78. The van der Waals surface area contributed by atoms with Crippen LogP contribution in [0, 0.1) is 0 Å². The molecule has 3 nitrogen and oxygen atoms in total. The average molecular weight is 324 g/mol. The van der Waals surface area contributed by atoms with E-state index in [-0.39, 0.29) is 12.4 Å². The molecule has 0 bridgehead atoms. The average Bonchev–Trinajstić information content (AvgIpc) is 2.96. The minimum absolute atomic E-state index is 0. The summed E-state index contributed by atoms with van der Waals surface area (Å²) in [6.45, 7) is 5.79. The van der Waals surface area contributed by atoms with E-state index in [0.29, 0.717) is 0 Å². The molecule has 4 heteroatoms. The Kier molecular flexibility index (Phi) is 8.25. The molecule has 0 aliphatic heterocycles. The summed E-state index contributed by atoms with van der Waals surface area (Å²) >= 11 is 0. The second-order valence-electron chi connectivity index (χ2n) is 5.45. The standard InChI is InChI=1S/C18H25NO2.ClH/c1-3-4-5-12-19-13-17-10-11-18(21-17)16-8-6-15(7-9-16)14(2)20;/h6-11,14,19-20H,3-5,12-13H2,1-2H3;1H. The lowest BCUT2D eigenvalue weighted by Crippen LogP contribution is -2.13. The van der Waals surface area contributed by atoms with Crippen LogP contribution in [0.5, 0.6) is 0 Å². The van der Waals surface area contributed by atoms with Crippen LogP contribution in [0.15, 0.2) is 40.8 Å². The van der Waals surface area contributed by atoms with Crippen molar-refractivity contribution in [1.82, 2.24) is 5.32 Å². The summed E-state index contributed by atoms with van der Waals surface area (Å²) in [5.74, 6) is 1.83. The number of benzene rings is 1. The van der Waals surface area contributed by atoms with Crippen LogP contribution in [0.1, 0.15) is 50.5 Å². The highest BCUT2D eigenvalue weighted by molar-refractivity contribution is 5.85. The molecular weight excluding hydrogens is 298 g/mol. The summed E-state index contributed by atoms with van der Waals surface area (Å²) in [7, 11) is 0. The van der Waals surface area contributed by atoms with Gasteiger partial charge in [0.25, 0.3) is 0 Å². The fourth-order valence-electron chi connectivity index (χ4n) is 2.27. The molecule has 0 saturated carbocycles. The zero-order chi connectivity index (χ0) is 15.1. The Morgan fingerprint density at radius 1 is 1.09 bits per heavy atom. The van der Waals surface area contributed by atoms with E-state index in [2.05, 4.69) is 12.2 Å². The van der Waals surface area contributed by atoms with Gasteiger partial charge in [-0.05, 0) is 37.6 Å². The Morgan fingerprint density at radius 2 is 1.82 bits per heavy atom. The first kappa shape index (κ1) is 18.8. The van der Waals surface area contributed by atoms with E-state index in [1.54, 1.807) is 6.92 Å². The molecule has 0 spiro atoms. The summed E-state index contributed by atoms with van der Waals surface area (Å²) in [6, 6.07) is 11.9. The number of hydrogen-bond donors (Lipinski definition) is 2. The number of halogens is 1. The molecule has 2 N–H and O–H groups in total. The van der Waals surface area contributed by atoms with Gasteiger partial charge in [-0.3, -0.25) is 0 Å². The second kappa shape index (κ2) is 9.67. The lowest BCUT2D eigenvalue weighted by molar-refractivity contribution is 0.199. The third kappa shape index (κ3) is 5.48. The highest BCUT2D eigenvalue weighted by atomic mass is 35.5. The largest absolute Gasteiger partial charge is 0.460 e. The first-order chi connectivity index (χ1) is 10.2. The summed E-state index contributed by atoms with van der Waals surface area (Å²) < 4.78 is 5.85. The zero-order valence-electron chi connectivity index (χ0n) is 13.3. The van der Waals surface area contributed by atoms with E-state index in [1.807, 2.05) is 36.4 Å². The molecule has 1 atom stereocenters. The van der Waals surface area contributed by atoms with Gasteiger partial charge in [0.2, 0.25) is 0 Å². The number of nitrogens with one attached hydrogen (secondary N) is 1. The van der Waals surface area contributed by atoms with Crippen LogP contribution < -0.4 is 5.32 Å². The molecule has 2 aromatic rings. The maximum atomic E-state index is 9.52. The van der Waals surface area contributed by atoms with Crippen molar-refractivity contribution in [3.8, 4) is 11.3 Å². The van der Waals surface area contributed by atoms with E-state index in [0.717, 1.165) is 35.7 Å². The van der Waals surface area contributed by atoms with Gasteiger partial charge in [0.05, 0.1) is 12.6 Å². The highest BCUT2D eigenvalue weighted by Crippen LogP contribution is 2.24. The van der Waals surface area contributed by atoms with Gasteiger partial charge in [-0.1, -0.05) is 44.0 Å². The van der Waals surface area contributed by atoms with Gasteiger partial charge < -0.3 is 14.8 Å². The summed E-state index contributed by atoms with van der Waals surface area (Å²) in [6.07, 6.45) is 3.30. The minimum Gasteiger partial charge on any atom is -0.460 e. The van der Waals surface area contributed by atoms with E-state index in [4.69, 9.17) is 4.42 Å². The smallest absolute Gasteiger partial charge is 0.134 e. The van der Waals surface area contributed by atoms with E-state index >= 15 is 0 Å². The molecule has 1 aromatic carbocycles. The number of aliphatic hydroxyl groups excluding tert-OH is 1. The first-order valence-electron chi connectivity index (χ1n) is 7.78. The lowest BCUT2D eigenvalue weighted by Gasteiger charge is -2.05. The molecule has 0 aliphatic carbocycles. The SMILES string of the molecule is CCCCCNCc1ccc(-c2ccc(C(C)O)cc2)o1.Cl. The summed E-state index contributed by atoms with van der Waals surface area (Å²) in [5, 5.41) is 12.9. The maximum absolute atomic E-state index is 9.52. The molecule has 0 saturated heterocycles. The van der Waals surface area contributed by atoms with Crippen molar-refractivity contribution in [1.29, 1.82) is 0 Å². The van der Waals surface area contributed by atoms with Crippen molar-refractivity contribution >= 4 is 12.4 Å². The van der Waals surface area contributed by atoms with Crippen molar-refractivity contribution in [2.45, 2.75) is 45.8 Å². The third-order valence-electron chi connectivity index (χ3n) is 3.60.